The molecule has 0 saturated heterocycles. The van der Waals surface area contributed by atoms with Crippen molar-refractivity contribution in [2.45, 2.75) is 51.6 Å². The molecule has 0 fully saturated rings. The van der Waals surface area contributed by atoms with Crippen LogP contribution in [0.4, 0.5) is 14.6 Å². The van der Waals surface area contributed by atoms with Crippen LogP contribution in [0.1, 0.15) is 50.4 Å². The third-order valence-electron chi connectivity index (χ3n) is 6.34. The number of hydrogen-bond acceptors (Lipinski definition) is 7. The Morgan fingerprint density at radius 2 is 1.32 bits per heavy atom. The topological polar surface area (TPSA) is 59.5 Å². The third kappa shape index (κ3) is 8.41. The second kappa shape index (κ2) is 13.3. The van der Waals surface area contributed by atoms with Gasteiger partial charge in [-0.1, -0.05) is 36.2 Å². The maximum absolute atomic E-state index is 14.2. The van der Waals surface area contributed by atoms with Crippen LogP contribution in [-0.4, -0.2) is 29.2 Å². The van der Waals surface area contributed by atoms with Crippen molar-refractivity contribution in [1.82, 2.24) is 14.9 Å². The van der Waals surface area contributed by atoms with Gasteiger partial charge in [-0.3, -0.25) is 4.72 Å². The summed E-state index contributed by atoms with van der Waals surface area (Å²) >= 11 is 1.59. The van der Waals surface area contributed by atoms with Crippen LogP contribution in [0, 0.1) is 11.6 Å². The minimum atomic E-state index is -0.665. The Hall–Kier alpha value is -3.69. The fourth-order valence-corrected chi connectivity index (χ4v) is 4.90. The maximum Gasteiger partial charge on any atom is 0.152 e. The molecular weight excluding hydrogens is 542 g/mol. The molecule has 0 bridgehead atoms. The Balaban J connectivity index is 1.77. The summed E-state index contributed by atoms with van der Waals surface area (Å²) in [6.45, 7) is 9.45. The zero-order valence-corrected chi connectivity index (χ0v) is 25.1. The molecule has 1 N–H and O–H groups in total. The van der Waals surface area contributed by atoms with Crippen molar-refractivity contribution in [2.75, 3.05) is 19.1 Å². The summed E-state index contributed by atoms with van der Waals surface area (Å²) in [4.78, 5) is 2.12. The number of halogens is 2. The number of ether oxygens (including phenoxy) is 2. The van der Waals surface area contributed by atoms with Crippen molar-refractivity contribution in [3.05, 3.63) is 101 Å². The summed E-state index contributed by atoms with van der Waals surface area (Å²) < 4.78 is 42.5. The fraction of sp³-hybridized carbons (Fsp3) is 0.312. The minimum Gasteiger partial charge on any atom is -0.497 e. The van der Waals surface area contributed by atoms with Gasteiger partial charge in [-0.15, -0.1) is 10.2 Å². The van der Waals surface area contributed by atoms with E-state index in [1.165, 1.54) is 12.1 Å². The summed E-state index contributed by atoms with van der Waals surface area (Å²) in [7, 11) is 3.28. The van der Waals surface area contributed by atoms with E-state index in [2.05, 4.69) is 40.6 Å². The van der Waals surface area contributed by atoms with Gasteiger partial charge in [0.15, 0.2) is 5.82 Å². The molecule has 1 heterocycles. The molecule has 4 aromatic rings. The number of methoxy groups -OCH3 is 2. The molecule has 0 unspecified atom stereocenters. The van der Waals surface area contributed by atoms with Crippen LogP contribution >= 0.6 is 11.9 Å². The molecule has 216 valence electrons. The Labute approximate surface area is 245 Å². The molecule has 3 aromatic carbocycles. The van der Waals surface area contributed by atoms with Crippen LogP contribution in [0.15, 0.2) is 72.8 Å². The van der Waals surface area contributed by atoms with Crippen LogP contribution in [0.2, 0.25) is 0 Å². The molecule has 0 radical (unpaired) electrons. The van der Waals surface area contributed by atoms with Gasteiger partial charge in [0.25, 0.3) is 0 Å². The molecule has 9 heteroatoms. The largest absolute Gasteiger partial charge is 0.497 e. The van der Waals surface area contributed by atoms with E-state index in [0.29, 0.717) is 30.2 Å². The van der Waals surface area contributed by atoms with E-state index in [0.717, 1.165) is 34.3 Å². The Morgan fingerprint density at radius 3 is 1.78 bits per heavy atom. The number of nitrogens with zero attached hydrogens (tertiary/aromatic N) is 3. The number of hydrogen-bond donors (Lipinski definition) is 1. The van der Waals surface area contributed by atoms with Crippen LogP contribution in [0.25, 0.3) is 11.3 Å². The molecule has 0 aliphatic rings. The maximum atomic E-state index is 14.2. The van der Waals surface area contributed by atoms with Gasteiger partial charge >= 0.3 is 0 Å². The van der Waals surface area contributed by atoms with Crippen LogP contribution < -0.4 is 19.1 Å². The predicted molar refractivity (Wildman–Crippen MR) is 162 cm³/mol. The average molecular weight is 579 g/mol. The number of anilines is 1. The van der Waals surface area contributed by atoms with E-state index in [1.807, 2.05) is 61.5 Å². The third-order valence-corrected chi connectivity index (χ3v) is 7.43. The summed E-state index contributed by atoms with van der Waals surface area (Å²) in [5, 5.41) is 9.11. The van der Waals surface area contributed by atoms with Crippen molar-refractivity contribution in [3.8, 4) is 22.8 Å². The van der Waals surface area contributed by atoms with E-state index in [4.69, 9.17) is 9.47 Å². The molecule has 4 rings (SSSR count). The highest BCUT2D eigenvalue weighted by Gasteiger charge is 2.22. The Kier molecular flexibility index (Phi) is 9.83. The zero-order chi connectivity index (χ0) is 29.6. The van der Waals surface area contributed by atoms with Crippen LogP contribution in [-0.2, 0) is 13.1 Å². The van der Waals surface area contributed by atoms with E-state index < -0.39 is 11.6 Å². The van der Waals surface area contributed by atoms with E-state index in [-0.39, 0.29) is 10.8 Å². The van der Waals surface area contributed by atoms with Crippen molar-refractivity contribution < 1.29 is 18.3 Å². The van der Waals surface area contributed by atoms with Crippen molar-refractivity contribution in [1.29, 1.82) is 0 Å². The highest BCUT2D eigenvalue weighted by molar-refractivity contribution is 7.98. The second-order valence-corrected chi connectivity index (χ2v) is 12.4. The molecule has 0 amide bonds. The van der Waals surface area contributed by atoms with Crippen molar-refractivity contribution in [3.63, 3.8) is 0 Å². The number of benzene rings is 3. The molecule has 6 nitrogen and oxygen atoms in total. The van der Waals surface area contributed by atoms with Gasteiger partial charge in [-0.05, 0) is 81.3 Å². The van der Waals surface area contributed by atoms with Gasteiger partial charge in [-0.25, -0.2) is 8.78 Å². The minimum absolute atomic E-state index is 0.0442. The smallest absolute Gasteiger partial charge is 0.152 e. The number of rotatable bonds is 11. The van der Waals surface area contributed by atoms with Crippen LogP contribution in [0.5, 0.6) is 11.5 Å². The van der Waals surface area contributed by atoms with Gasteiger partial charge in [0, 0.05) is 41.1 Å². The van der Waals surface area contributed by atoms with E-state index in [1.54, 1.807) is 26.2 Å². The Bertz CT molecular complexity index is 1370. The average Bonchev–Trinajstić information content (AvgIpc) is 2.95. The van der Waals surface area contributed by atoms with Crippen molar-refractivity contribution >= 4 is 17.8 Å². The predicted octanol–water partition coefficient (Wildman–Crippen LogP) is 7.74. The molecule has 0 aliphatic heterocycles. The first-order valence-corrected chi connectivity index (χ1v) is 14.1. The van der Waals surface area contributed by atoms with Gasteiger partial charge in [0.1, 0.15) is 23.1 Å². The summed E-state index contributed by atoms with van der Waals surface area (Å²) in [6, 6.07) is 21.0. The Morgan fingerprint density at radius 1 is 0.805 bits per heavy atom. The number of nitrogens with one attached hydrogen (secondary N) is 1. The lowest BCUT2D eigenvalue weighted by molar-refractivity contribution is 0.414. The summed E-state index contributed by atoms with van der Waals surface area (Å²) in [5.41, 5.74) is 3.67. The second-order valence-electron chi connectivity index (χ2n) is 10.8. The van der Waals surface area contributed by atoms with Gasteiger partial charge in [-0.2, -0.15) is 0 Å². The van der Waals surface area contributed by atoms with E-state index >= 15 is 0 Å². The zero-order valence-electron chi connectivity index (χ0n) is 24.2. The fourth-order valence-electron chi connectivity index (χ4n) is 4.24. The van der Waals surface area contributed by atoms with E-state index in [9.17, 15) is 8.78 Å². The molecule has 1 atom stereocenters. The first-order valence-electron chi connectivity index (χ1n) is 13.3. The van der Waals surface area contributed by atoms with Gasteiger partial charge in [0.2, 0.25) is 0 Å². The monoisotopic (exact) mass is 578 g/mol. The first-order chi connectivity index (χ1) is 19.5. The highest BCUT2D eigenvalue weighted by atomic mass is 32.2. The van der Waals surface area contributed by atoms with Crippen LogP contribution in [0.3, 0.4) is 0 Å². The van der Waals surface area contributed by atoms with Crippen molar-refractivity contribution in [2.24, 2.45) is 0 Å². The first kappa shape index (κ1) is 30.3. The molecular formula is C32H36F2N4O2S. The highest BCUT2D eigenvalue weighted by Crippen LogP contribution is 2.33. The lowest BCUT2D eigenvalue weighted by Crippen LogP contribution is -2.25. The SMILES string of the molecule is COc1ccc(CN(Cc2ccc(OC)cc2)c2cc([C@H](C)NSC(C)(C)C)c(-c3cc(F)cc(F)c3)nn2)cc1. The molecule has 1 aromatic heterocycles. The lowest BCUT2D eigenvalue weighted by Gasteiger charge is -2.27. The molecule has 0 spiro atoms. The normalized spacial score (nSPS) is 12.2. The number of aromatic nitrogens is 2. The quantitative estimate of drug-likeness (QED) is 0.183. The molecule has 41 heavy (non-hydrogen) atoms. The standard InChI is InChI=1S/C32H36F2N4O2S/c1-21(37-41-32(2,3)4)29-18-30(35-36-31(29)24-15-25(33)17-26(34)16-24)38(19-22-7-11-27(39-5)12-8-22)20-23-9-13-28(40-6)14-10-23/h7-18,21,37H,19-20H2,1-6H3/t21-/m0/s1. The summed E-state index contributed by atoms with van der Waals surface area (Å²) in [6.07, 6.45) is 0. The molecule has 0 aliphatic carbocycles. The van der Waals surface area contributed by atoms with Gasteiger partial charge < -0.3 is 14.4 Å². The summed E-state index contributed by atoms with van der Waals surface area (Å²) in [5.74, 6) is 0.867. The lowest BCUT2D eigenvalue weighted by atomic mass is 10.0. The van der Waals surface area contributed by atoms with Gasteiger partial charge in [0.05, 0.1) is 19.9 Å². The molecule has 0 saturated carbocycles.